The van der Waals surface area contributed by atoms with E-state index in [9.17, 15) is 0 Å². The molecule has 0 radical (unpaired) electrons. The molecule has 0 bridgehead atoms. The molecule has 0 fully saturated rings. The summed E-state index contributed by atoms with van der Waals surface area (Å²) in [5, 5.41) is 12.3. The van der Waals surface area contributed by atoms with Gasteiger partial charge in [-0.15, -0.1) is 0 Å². The lowest BCUT2D eigenvalue weighted by Gasteiger charge is -2.11. The highest BCUT2D eigenvalue weighted by atomic mass is 35.5. The number of nitrogens with one attached hydrogen (secondary N) is 1. The van der Waals surface area contributed by atoms with Gasteiger partial charge in [0, 0.05) is 22.2 Å². The number of aromatic amines is 1. The van der Waals surface area contributed by atoms with E-state index in [0.29, 0.717) is 49.0 Å². The lowest BCUT2D eigenvalue weighted by molar-refractivity contribution is 0.349. The van der Waals surface area contributed by atoms with Crippen molar-refractivity contribution in [3.8, 4) is 28.6 Å². The molecule has 3 aromatic rings. The van der Waals surface area contributed by atoms with Gasteiger partial charge in [-0.2, -0.15) is 14.9 Å². The Kier molecular flexibility index (Phi) is 6.23. The Morgan fingerprint density at radius 2 is 1.71 bits per heavy atom. The van der Waals surface area contributed by atoms with Gasteiger partial charge >= 0.3 is 0 Å². The number of rotatable bonds is 6. The second-order valence-electron chi connectivity index (χ2n) is 5.48. The molecule has 0 spiro atoms. The second kappa shape index (κ2) is 8.64. The normalized spacial score (nSPS) is 11.0. The number of benzene rings is 2. The molecule has 1 aromatic heterocycles. The summed E-state index contributed by atoms with van der Waals surface area (Å²) in [6.07, 6.45) is 1.58. The maximum atomic E-state index is 6.30. The summed E-state index contributed by atoms with van der Waals surface area (Å²) >= 11 is 17.6. The maximum Gasteiger partial charge on any atom is 0.216 e. The van der Waals surface area contributed by atoms with Crippen LogP contribution in [0.3, 0.4) is 0 Å². The fourth-order valence-corrected chi connectivity index (χ4v) is 3.19. The van der Waals surface area contributed by atoms with Crippen LogP contribution in [0.1, 0.15) is 5.56 Å². The molecule has 2 aromatic carbocycles. The molecular formula is C18H16Cl2N4O3S. The Morgan fingerprint density at radius 1 is 1.04 bits per heavy atom. The molecule has 0 aliphatic rings. The molecule has 0 saturated carbocycles. The van der Waals surface area contributed by atoms with Gasteiger partial charge in [0.2, 0.25) is 4.77 Å². The van der Waals surface area contributed by atoms with Gasteiger partial charge in [0.1, 0.15) is 5.75 Å². The molecule has 0 atom stereocenters. The van der Waals surface area contributed by atoms with Gasteiger partial charge in [0.15, 0.2) is 17.3 Å². The number of aromatic nitrogens is 3. The predicted molar refractivity (Wildman–Crippen MR) is 112 cm³/mol. The van der Waals surface area contributed by atoms with Crippen molar-refractivity contribution in [2.24, 2.45) is 5.10 Å². The average Bonchev–Trinajstić information content (AvgIpc) is 3.05. The minimum Gasteiger partial charge on any atom is -0.496 e. The molecular weight excluding hydrogens is 423 g/mol. The maximum absolute atomic E-state index is 6.30. The van der Waals surface area contributed by atoms with Crippen molar-refractivity contribution in [2.45, 2.75) is 0 Å². The SMILES string of the molecule is COc1cc(OC)c(OC)cc1/C=N/n1c(-c2ccc(Cl)cc2Cl)n[nH]c1=S. The smallest absolute Gasteiger partial charge is 0.216 e. The third-order valence-corrected chi connectivity index (χ3v) is 4.68. The number of H-pyrrole nitrogens is 1. The van der Waals surface area contributed by atoms with Crippen LogP contribution in [0.25, 0.3) is 11.4 Å². The van der Waals surface area contributed by atoms with Crippen LogP contribution in [0.5, 0.6) is 17.2 Å². The number of nitrogens with zero attached hydrogens (tertiary/aromatic N) is 3. The quantitative estimate of drug-likeness (QED) is 0.440. The third-order valence-electron chi connectivity index (χ3n) is 3.87. The molecule has 0 unspecified atom stereocenters. The molecule has 3 rings (SSSR count). The van der Waals surface area contributed by atoms with E-state index in [-0.39, 0.29) is 0 Å². The van der Waals surface area contributed by atoms with Gasteiger partial charge in [0.25, 0.3) is 0 Å². The van der Waals surface area contributed by atoms with E-state index in [4.69, 9.17) is 49.6 Å². The summed E-state index contributed by atoms with van der Waals surface area (Å²) in [7, 11) is 4.66. The van der Waals surface area contributed by atoms with Gasteiger partial charge < -0.3 is 14.2 Å². The molecule has 0 aliphatic heterocycles. The highest BCUT2D eigenvalue weighted by Crippen LogP contribution is 2.34. The summed E-state index contributed by atoms with van der Waals surface area (Å²) in [5.74, 6) is 2.09. The standard InChI is InChI=1S/C18H16Cl2N4O3S/c1-25-14-8-16(27-3)15(26-2)6-10(14)9-21-24-17(22-23-18(24)28)12-5-4-11(19)7-13(12)20/h4-9H,1-3H3,(H,23,28)/b21-9+. The Hall–Kier alpha value is -2.55. The van der Waals surface area contributed by atoms with Gasteiger partial charge in [-0.25, -0.2) is 5.10 Å². The number of halogens is 2. The number of ether oxygens (including phenoxy) is 3. The zero-order valence-electron chi connectivity index (χ0n) is 15.2. The highest BCUT2D eigenvalue weighted by molar-refractivity contribution is 7.71. The first-order valence-electron chi connectivity index (χ1n) is 7.95. The number of hydrogen-bond acceptors (Lipinski definition) is 6. The molecule has 28 heavy (non-hydrogen) atoms. The number of methoxy groups -OCH3 is 3. The van der Waals surface area contributed by atoms with Crippen molar-refractivity contribution < 1.29 is 14.2 Å². The molecule has 10 heteroatoms. The first-order chi connectivity index (χ1) is 13.5. The van der Waals surface area contributed by atoms with Crippen LogP contribution in [-0.4, -0.2) is 42.4 Å². The first-order valence-corrected chi connectivity index (χ1v) is 9.12. The van der Waals surface area contributed by atoms with Gasteiger partial charge in [-0.1, -0.05) is 23.2 Å². The van der Waals surface area contributed by atoms with Crippen LogP contribution in [-0.2, 0) is 0 Å². The predicted octanol–water partition coefficient (Wildman–Crippen LogP) is 4.82. The number of hydrogen-bond donors (Lipinski definition) is 1. The van der Waals surface area contributed by atoms with Crippen molar-refractivity contribution >= 4 is 41.6 Å². The van der Waals surface area contributed by atoms with E-state index in [1.807, 2.05) is 0 Å². The Morgan fingerprint density at radius 3 is 2.36 bits per heavy atom. The van der Waals surface area contributed by atoms with Crippen molar-refractivity contribution in [2.75, 3.05) is 21.3 Å². The molecule has 0 amide bonds. The molecule has 1 N–H and O–H groups in total. The second-order valence-corrected chi connectivity index (χ2v) is 6.71. The zero-order chi connectivity index (χ0) is 20.3. The fraction of sp³-hybridized carbons (Fsp3) is 0.167. The Bertz CT molecular complexity index is 1090. The van der Waals surface area contributed by atoms with E-state index in [2.05, 4.69) is 15.3 Å². The van der Waals surface area contributed by atoms with Gasteiger partial charge in [-0.05, 0) is 36.5 Å². The highest BCUT2D eigenvalue weighted by Gasteiger charge is 2.14. The first kappa shape index (κ1) is 20.2. The van der Waals surface area contributed by atoms with Crippen molar-refractivity contribution in [3.63, 3.8) is 0 Å². The Labute approximate surface area is 176 Å². The Balaban J connectivity index is 2.07. The van der Waals surface area contributed by atoms with Crippen LogP contribution in [0.15, 0.2) is 35.4 Å². The average molecular weight is 439 g/mol. The summed E-state index contributed by atoms with van der Waals surface area (Å²) in [5.41, 5.74) is 1.30. The molecule has 7 nitrogen and oxygen atoms in total. The lowest BCUT2D eigenvalue weighted by Crippen LogP contribution is -1.99. The van der Waals surface area contributed by atoms with Crippen LogP contribution in [0, 0.1) is 4.77 Å². The van der Waals surface area contributed by atoms with Gasteiger partial charge in [-0.3, -0.25) is 0 Å². The van der Waals surface area contributed by atoms with E-state index in [0.717, 1.165) is 0 Å². The minimum absolute atomic E-state index is 0.303. The van der Waals surface area contributed by atoms with E-state index < -0.39 is 0 Å². The van der Waals surface area contributed by atoms with Crippen LogP contribution in [0.4, 0.5) is 0 Å². The van der Waals surface area contributed by atoms with Crippen LogP contribution in [0.2, 0.25) is 10.0 Å². The summed E-state index contributed by atoms with van der Waals surface area (Å²) < 4.78 is 17.8. The topological polar surface area (TPSA) is 73.7 Å². The lowest BCUT2D eigenvalue weighted by atomic mass is 10.2. The van der Waals surface area contributed by atoms with Crippen LogP contribution >= 0.6 is 35.4 Å². The van der Waals surface area contributed by atoms with Gasteiger partial charge in [0.05, 0.1) is 32.6 Å². The van der Waals surface area contributed by atoms with Crippen LogP contribution < -0.4 is 14.2 Å². The summed E-state index contributed by atoms with van der Waals surface area (Å²) in [6, 6.07) is 8.55. The van der Waals surface area contributed by atoms with E-state index in [1.165, 1.54) is 4.68 Å². The van der Waals surface area contributed by atoms with Crippen molar-refractivity contribution in [1.29, 1.82) is 0 Å². The fourth-order valence-electron chi connectivity index (χ4n) is 2.52. The summed E-state index contributed by atoms with van der Waals surface area (Å²) in [6.45, 7) is 0. The monoisotopic (exact) mass is 438 g/mol. The van der Waals surface area contributed by atoms with Crippen molar-refractivity contribution in [3.05, 3.63) is 50.7 Å². The third kappa shape index (κ3) is 3.99. The minimum atomic E-state index is 0.303. The molecule has 1 heterocycles. The largest absolute Gasteiger partial charge is 0.496 e. The van der Waals surface area contributed by atoms with E-state index in [1.54, 1.807) is 57.9 Å². The summed E-state index contributed by atoms with van der Waals surface area (Å²) in [4.78, 5) is 0. The zero-order valence-corrected chi connectivity index (χ0v) is 17.5. The van der Waals surface area contributed by atoms with Crippen molar-refractivity contribution in [1.82, 2.24) is 14.9 Å². The van der Waals surface area contributed by atoms with E-state index >= 15 is 0 Å². The molecule has 0 saturated heterocycles. The molecule has 0 aliphatic carbocycles. The molecule has 146 valence electrons.